The van der Waals surface area contributed by atoms with E-state index >= 15 is 0 Å². The van der Waals surface area contributed by atoms with Crippen LogP contribution in [0.4, 0.5) is 17.1 Å². The summed E-state index contributed by atoms with van der Waals surface area (Å²) in [6.07, 6.45) is 0. The van der Waals surface area contributed by atoms with E-state index in [4.69, 9.17) is 6.85 Å². The summed E-state index contributed by atoms with van der Waals surface area (Å²) in [5.74, 6) is 0. The molecule has 0 bridgehead atoms. The molecule has 0 atom stereocenters. The smallest absolute Gasteiger partial charge is 0.0629 e. The zero-order valence-corrected chi connectivity index (χ0v) is 31.4. The number of hydrogen-bond acceptors (Lipinski definition) is 1. The molecule has 0 saturated carbocycles. The maximum Gasteiger partial charge on any atom is 0.0629 e. The number of para-hydroxylation sites is 1. The van der Waals surface area contributed by atoms with Gasteiger partial charge in [0.1, 0.15) is 0 Å². The van der Waals surface area contributed by atoms with Gasteiger partial charge in [0.05, 0.1) is 17.9 Å². The predicted octanol–water partition coefficient (Wildman–Crippen LogP) is 15.6. The Labute approximate surface area is 345 Å². The van der Waals surface area contributed by atoms with Crippen molar-refractivity contribution in [3.05, 3.63) is 230 Å². The molecule has 1 aromatic heterocycles. The first kappa shape index (κ1) is 28.7. The minimum absolute atomic E-state index is 0.183. The minimum Gasteiger partial charge on any atom is -0.310 e. The van der Waals surface area contributed by atoms with Crippen molar-refractivity contribution in [2.75, 3.05) is 4.90 Å². The zero-order valence-electron chi connectivity index (χ0n) is 36.4. The van der Waals surface area contributed by atoms with Gasteiger partial charge < -0.3 is 9.47 Å². The third-order valence-electron chi connectivity index (χ3n) is 11.2. The molecule has 0 aliphatic carbocycles. The van der Waals surface area contributed by atoms with Crippen molar-refractivity contribution >= 4 is 60.4 Å². The summed E-state index contributed by atoms with van der Waals surface area (Å²) < 4.78 is 44.0. The quantitative estimate of drug-likeness (QED) is 0.158. The predicted molar refractivity (Wildman–Crippen MR) is 247 cm³/mol. The normalized spacial score (nSPS) is 12.7. The molecule has 0 spiro atoms. The maximum atomic E-state index is 8.56. The number of aromatic nitrogens is 1. The molecular formula is C56H38N2. The minimum atomic E-state index is -0.402. The lowest BCUT2D eigenvalue weighted by atomic mass is 9.98. The molecule has 11 aromatic rings. The Morgan fingerprint density at radius 2 is 0.897 bits per heavy atom. The fourth-order valence-electron chi connectivity index (χ4n) is 8.41. The van der Waals surface area contributed by atoms with Crippen molar-refractivity contribution in [2.45, 2.75) is 0 Å². The van der Waals surface area contributed by atoms with E-state index in [0.29, 0.717) is 5.56 Å². The van der Waals surface area contributed by atoms with Crippen molar-refractivity contribution in [1.29, 1.82) is 0 Å². The van der Waals surface area contributed by atoms with Gasteiger partial charge in [0.25, 0.3) is 0 Å². The largest absolute Gasteiger partial charge is 0.310 e. The highest BCUT2D eigenvalue weighted by Gasteiger charge is 2.17. The highest BCUT2D eigenvalue weighted by molar-refractivity contribution is 6.19. The van der Waals surface area contributed by atoms with Crippen LogP contribution >= 0.6 is 0 Å². The number of hydrogen-bond donors (Lipinski definition) is 0. The van der Waals surface area contributed by atoms with E-state index in [-0.39, 0.29) is 29.7 Å². The molecule has 0 fully saturated rings. The highest BCUT2D eigenvalue weighted by atomic mass is 15.1. The Balaban J connectivity index is 0.998. The molecule has 0 radical (unpaired) electrons. The van der Waals surface area contributed by atoms with Crippen LogP contribution in [0, 0.1) is 0 Å². The second kappa shape index (κ2) is 14.1. The van der Waals surface area contributed by atoms with Gasteiger partial charge in [-0.05, 0) is 116 Å². The van der Waals surface area contributed by atoms with Crippen LogP contribution < -0.4 is 4.90 Å². The molecule has 2 heteroatoms. The topological polar surface area (TPSA) is 8.17 Å². The van der Waals surface area contributed by atoms with E-state index in [2.05, 4.69) is 167 Å². The summed E-state index contributed by atoms with van der Waals surface area (Å²) in [5.41, 5.74) is 11.5. The van der Waals surface area contributed by atoms with Crippen molar-refractivity contribution in [3.8, 4) is 39.1 Å². The first-order chi connectivity index (χ1) is 30.8. The third kappa shape index (κ3) is 5.91. The molecule has 0 aliphatic rings. The van der Waals surface area contributed by atoms with E-state index < -0.39 is 6.04 Å². The van der Waals surface area contributed by atoms with Crippen LogP contribution in [-0.4, -0.2) is 4.57 Å². The fraction of sp³-hybridized carbons (Fsp3) is 0. The molecule has 0 saturated heterocycles. The Kier molecular flexibility index (Phi) is 6.98. The van der Waals surface area contributed by atoms with Crippen LogP contribution in [0.5, 0.6) is 0 Å². The molecule has 0 amide bonds. The Morgan fingerprint density at radius 3 is 1.66 bits per heavy atom. The van der Waals surface area contributed by atoms with Gasteiger partial charge >= 0.3 is 0 Å². The zero-order chi connectivity index (χ0) is 42.8. The summed E-state index contributed by atoms with van der Waals surface area (Å²) in [6, 6.07) is 68.5. The lowest BCUT2D eigenvalue weighted by Crippen LogP contribution is -2.09. The van der Waals surface area contributed by atoms with Gasteiger partial charge in [-0.2, -0.15) is 0 Å². The van der Waals surface area contributed by atoms with E-state index in [1.54, 1.807) is 0 Å². The average Bonchev–Trinajstić information content (AvgIpc) is 3.68. The second-order valence-electron chi connectivity index (χ2n) is 14.6. The van der Waals surface area contributed by atoms with Crippen LogP contribution in [0.25, 0.3) is 82.4 Å². The Bertz CT molecular complexity index is 3520. The van der Waals surface area contributed by atoms with Crippen molar-refractivity contribution in [3.63, 3.8) is 0 Å². The molecular weight excluding hydrogens is 701 g/mol. The maximum absolute atomic E-state index is 8.56. The van der Waals surface area contributed by atoms with E-state index in [0.717, 1.165) is 55.8 Å². The first-order valence-corrected chi connectivity index (χ1v) is 19.5. The SMILES string of the molecule is [2H]c1c([2H])c([2H])c(-c2ccc(N(c3ccc(-c4ccccc4)cc3)c3ccc4cc(-c5ccc6c(c5)c5ccc7ccccc7c5n6-c5ccccc5)ccc4c3)cc2)c([2H])c1[2H]. The van der Waals surface area contributed by atoms with Crippen LogP contribution in [0.3, 0.4) is 0 Å². The van der Waals surface area contributed by atoms with Crippen LogP contribution in [-0.2, 0) is 0 Å². The van der Waals surface area contributed by atoms with Crippen LogP contribution in [0.15, 0.2) is 230 Å². The monoisotopic (exact) mass is 743 g/mol. The summed E-state index contributed by atoms with van der Waals surface area (Å²) >= 11 is 0. The molecule has 58 heavy (non-hydrogen) atoms. The van der Waals surface area contributed by atoms with Crippen molar-refractivity contribution < 1.29 is 6.85 Å². The summed E-state index contributed by atoms with van der Waals surface area (Å²) in [4.78, 5) is 2.19. The Hall–Kier alpha value is -7.68. The molecule has 0 aliphatic heterocycles. The van der Waals surface area contributed by atoms with Crippen molar-refractivity contribution in [2.24, 2.45) is 0 Å². The molecule has 0 unspecified atom stereocenters. The summed E-state index contributed by atoms with van der Waals surface area (Å²) in [6.45, 7) is 0. The number of rotatable bonds is 7. The average molecular weight is 744 g/mol. The van der Waals surface area contributed by atoms with E-state index in [1.165, 1.54) is 32.6 Å². The molecule has 10 aromatic carbocycles. The molecule has 1 heterocycles. The number of fused-ring (bicyclic) bond motifs is 6. The van der Waals surface area contributed by atoms with Crippen LogP contribution in [0.2, 0.25) is 0 Å². The van der Waals surface area contributed by atoms with Gasteiger partial charge in [0, 0.05) is 38.9 Å². The number of benzene rings is 10. The van der Waals surface area contributed by atoms with E-state index in [9.17, 15) is 0 Å². The second-order valence-corrected chi connectivity index (χ2v) is 14.6. The van der Waals surface area contributed by atoms with Gasteiger partial charge in [0.15, 0.2) is 0 Å². The van der Waals surface area contributed by atoms with Gasteiger partial charge in [-0.3, -0.25) is 0 Å². The van der Waals surface area contributed by atoms with Gasteiger partial charge in [-0.1, -0.05) is 164 Å². The molecule has 0 N–H and O–H groups in total. The number of anilines is 3. The number of nitrogens with zero attached hydrogens (tertiary/aromatic N) is 2. The molecule has 2 nitrogen and oxygen atoms in total. The lowest BCUT2D eigenvalue weighted by molar-refractivity contribution is 1.19. The van der Waals surface area contributed by atoms with Crippen molar-refractivity contribution in [1.82, 2.24) is 4.57 Å². The van der Waals surface area contributed by atoms with Gasteiger partial charge in [0.2, 0.25) is 0 Å². The molecule has 272 valence electrons. The van der Waals surface area contributed by atoms with Crippen LogP contribution in [0.1, 0.15) is 6.85 Å². The van der Waals surface area contributed by atoms with E-state index in [1.807, 2.05) is 42.5 Å². The summed E-state index contributed by atoms with van der Waals surface area (Å²) in [7, 11) is 0. The Morgan fingerprint density at radius 1 is 0.345 bits per heavy atom. The highest BCUT2D eigenvalue weighted by Crippen LogP contribution is 2.41. The van der Waals surface area contributed by atoms with Gasteiger partial charge in [-0.15, -0.1) is 0 Å². The summed E-state index contributed by atoms with van der Waals surface area (Å²) in [5, 5.41) is 7.07. The standard InChI is InChI=1S/C56H38N2/c1-4-12-39(13-5-1)41-22-29-49(30-23-41)57(50-31-24-42(25-32-50)40-14-6-2-7-15-40)51-33-26-45-36-44(20-21-46(45)37-51)47-28-35-55-54(38-47)53-34-27-43-16-10-11-19-52(43)56(53)58(55)48-17-8-3-9-18-48/h1-38H/i1D,4D,5D,12D,13D. The molecule has 11 rings (SSSR count). The van der Waals surface area contributed by atoms with Gasteiger partial charge in [-0.25, -0.2) is 0 Å². The third-order valence-corrected chi connectivity index (χ3v) is 11.2. The fourth-order valence-corrected chi connectivity index (χ4v) is 8.41. The lowest BCUT2D eigenvalue weighted by Gasteiger charge is -2.26. The first-order valence-electron chi connectivity index (χ1n) is 22.0.